The van der Waals surface area contributed by atoms with Crippen molar-refractivity contribution >= 4 is 34.4 Å². The first kappa shape index (κ1) is 26.2. The summed E-state index contributed by atoms with van der Waals surface area (Å²) >= 11 is 0. The lowest BCUT2D eigenvalue weighted by Gasteiger charge is -2.33. The fourth-order valence-corrected chi connectivity index (χ4v) is 7.40. The van der Waals surface area contributed by atoms with Crippen LogP contribution < -0.4 is 10.2 Å². The standard InChI is InChI=1S/C31H37FN8O2/c32-22-2-1-10-38(15-22)16-28(41)39-11-9-25-19(14-39)3-8-27(34-25)36-31-33-13-20-12-26(21-17-42-18-21)35-30(29(20)37-31)40-23-4-5-24(40)7-6-23/h3,8,12-13,21-24H,1-2,4-7,9-11,14-18H2,(H,33,34,36,37). The Morgan fingerprint density at radius 2 is 1.88 bits per heavy atom. The smallest absolute Gasteiger partial charge is 0.237 e. The van der Waals surface area contributed by atoms with E-state index in [0.29, 0.717) is 62.2 Å². The molecule has 3 aromatic rings. The maximum Gasteiger partial charge on any atom is 0.237 e. The van der Waals surface area contributed by atoms with E-state index in [-0.39, 0.29) is 12.5 Å². The Balaban J connectivity index is 1.01. The van der Waals surface area contributed by atoms with Crippen LogP contribution in [-0.2, 0) is 22.5 Å². The van der Waals surface area contributed by atoms with E-state index >= 15 is 0 Å². The summed E-state index contributed by atoms with van der Waals surface area (Å²) in [5.74, 6) is 2.58. The molecular weight excluding hydrogens is 535 g/mol. The average molecular weight is 573 g/mol. The van der Waals surface area contributed by atoms with Gasteiger partial charge in [0.1, 0.15) is 17.5 Å². The fourth-order valence-electron chi connectivity index (χ4n) is 7.40. The van der Waals surface area contributed by atoms with E-state index in [2.05, 4.69) is 21.3 Å². The molecule has 0 aromatic carbocycles. The molecule has 2 bridgehead atoms. The molecule has 0 aliphatic carbocycles. The molecular formula is C31H37FN8O2. The number of carbonyl (C=O) groups is 1. The number of aromatic nitrogens is 4. The number of alkyl halides is 1. The monoisotopic (exact) mass is 572 g/mol. The van der Waals surface area contributed by atoms with Gasteiger partial charge in [-0.25, -0.2) is 24.3 Å². The van der Waals surface area contributed by atoms with Gasteiger partial charge < -0.3 is 19.9 Å². The highest BCUT2D eigenvalue weighted by Crippen LogP contribution is 2.43. The molecule has 8 rings (SSSR count). The van der Waals surface area contributed by atoms with Gasteiger partial charge in [-0.3, -0.25) is 9.69 Å². The SMILES string of the molecule is O=C(CN1CCCC(F)C1)N1CCc2nc(Nc3ncc4cc(C5COC5)nc(N5C6CCC5CC6)c4n3)ccc2C1. The second-order valence-electron chi connectivity index (χ2n) is 12.6. The van der Waals surface area contributed by atoms with Crippen molar-refractivity contribution in [1.29, 1.82) is 0 Å². The third-order valence-corrected chi connectivity index (χ3v) is 9.77. The molecule has 4 saturated heterocycles. The molecule has 1 unspecified atom stereocenters. The first-order valence-electron chi connectivity index (χ1n) is 15.5. The Morgan fingerprint density at radius 3 is 2.64 bits per heavy atom. The third kappa shape index (κ3) is 4.86. The number of fused-ring (bicyclic) bond motifs is 4. The summed E-state index contributed by atoms with van der Waals surface area (Å²) < 4.78 is 19.2. The number of amides is 1. The Bertz CT molecular complexity index is 1500. The predicted octanol–water partition coefficient (Wildman–Crippen LogP) is 3.73. The third-order valence-electron chi connectivity index (χ3n) is 9.77. The zero-order chi connectivity index (χ0) is 28.2. The van der Waals surface area contributed by atoms with Crippen molar-refractivity contribution in [2.45, 2.75) is 75.7 Å². The van der Waals surface area contributed by atoms with Crippen LogP contribution in [0.2, 0.25) is 0 Å². The van der Waals surface area contributed by atoms with E-state index < -0.39 is 6.17 Å². The Morgan fingerprint density at radius 1 is 1.05 bits per heavy atom. The largest absolute Gasteiger partial charge is 0.380 e. The molecule has 4 fully saturated rings. The average Bonchev–Trinajstić information content (AvgIpc) is 3.56. The molecule has 0 saturated carbocycles. The van der Waals surface area contributed by atoms with Crippen molar-refractivity contribution < 1.29 is 13.9 Å². The van der Waals surface area contributed by atoms with E-state index in [1.54, 1.807) is 0 Å². The van der Waals surface area contributed by atoms with E-state index in [1.165, 1.54) is 25.7 Å². The molecule has 0 radical (unpaired) electrons. The molecule has 1 amide bonds. The zero-order valence-electron chi connectivity index (χ0n) is 23.8. The number of pyridine rings is 2. The highest BCUT2D eigenvalue weighted by molar-refractivity contribution is 5.90. The number of carbonyl (C=O) groups excluding carboxylic acids is 1. The number of rotatable bonds is 6. The van der Waals surface area contributed by atoms with Crippen molar-refractivity contribution in [3.05, 3.63) is 41.3 Å². The maximum atomic E-state index is 13.8. The molecule has 3 aromatic heterocycles. The van der Waals surface area contributed by atoms with Crippen molar-refractivity contribution in [2.75, 3.05) is 49.6 Å². The predicted molar refractivity (Wildman–Crippen MR) is 157 cm³/mol. The summed E-state index contributed by atoms with van der Waals surface area (Å²) in [7, 11) is 0. The number of likely N-dealkylation sites (tertiary alicyclic amines) is 1. The molecule has 0 spiro atoms. The van der Waals surface area contributed by atoms with Gasteiger partial charge in [0.2, 0.25) is 11.9 Å². The summed E-state index contributed by atoms with van der Waals surface area (Å²) in [6.07, 6.45) is 8.05. The van der Waals surface area contributed by atoms with Crippen molar-refractivity contribution in [1.82, 2.24) is 29.7 Å². The molecule has 10 nitrogen and oxygen atoms in total. The van der Waals surface area contributed by atoms with Crippen LogP contribution in [0.15, 0.2) is 24.4 Å². The van der Waals surface area contributed by atoms with Crippen molar-refractivity contribution in [2.24, 2.45) is 0 Å². The quantitative estimate of drug-likeness (QED) is 0.474. The lowest BCUT2D eigenvalue weighted by atomic mass is 10.0. The molecule has 1 atom stereocenters. The van der Waals surface area contributed by atoms with Gasteiger partial charge in [0, 0.05) is 61.3 Å². The molecule has 220 valence electrons. The van der Waals surface area contributed by atoms with Crippen LogP contribution in [0.25, 0.3) is 10.9 Å². The Kier molecular flexibility index (Phi) is 6.66. The Labute approximate surface area is 244 Å². The number of ether oxygens (including phenoxy) is 1. The molecule has 5 aliphatic heterocycles. The van der Waals surface area contributed by atoms with Gasteiger partial charge in [0.05, 0.1) is 25.5 Å². The molecule has 8 heterocycles. The van der Waals surface area contributed by atoms with Crippen LogP contribution in [0, 0.1) is 0 Å². The number of nitrogens with one attached hydrogen (secondary N) is 1. The van der Waals surface area contributed by atoms with E-state index in [1.807, 2.05) is 28.1 Å². The van der Waals surface area contributed by atoms with Crippen LogP contribution in [-0.4, -0.2) is 93.3 Å². The normalized spacial score (nSPS) is 26.0. The summed E-state index contributed by atoms with van der Waals surface area (Å²) in [6.45, 7) is 4.02. The maximum absolute atomic E-state index is 13.8. The van der Waals surface area contributed by atoms with Crippen LogP contribution in [0.3, 0.4) is 0 Å². The number of hydrogen-bond donors (Lipinski definition) is 1. The number of hydrogen-bond acceptors (Lipinski definition) is 9. The molecule has 11 heteroatoms. The summed E-state index contributed by atoms with van der Waals surface area (Å²) in [5.41, 5.74) is 3.99. The summed E-state index contributed by atoms with van der Waals surface area (Å²) in [6, 6.07) is 7.17. The van der Waals surface area contributed by atoms with Gasteiger partial charge >= 0.3 is 0 Å². The minimum atomic E-state index is -0.826. The summed E-state index contributed by atoms with van der Waals surface area (Å²) in [4.78, 5) is 39.0. The molecule has 42 heavy (non-hydrogen) atoms. The highest BCUT2D eigenvalue weighted by Gasteiger charge is 2.41. The Hall–Kier alpha value is -3.44. The van der Waals surface area contributed by atoms with Crippen LogP contribution >= 0.6 is 0 Å². The van der Waals surface area contributed by atoms with Gasteiger partial charge in [-0.2, -0.15) is 0 Å². The zero-order valence-corrected chi connectivity index (χ0v) is 23.8. The topological polar surface area (TPSA) is 99.6 Å². The number of anilines is 3. The second-order valence-corrected chi connectivity index (χ2v) is 12.6. The van der Waals surface area contributed by atoms with E-state index in [0.717, 1.165) is 59.9 Å². The fraction of sp³-hybridized carbons (Fsp3) is 0.581. The van der Waals surface area contributed by atoms with E-state index in [9.17, 15) is 9.18 Å². The van der Waals surface area contributed by atoms with Crippen LogP contribution in [0.4, 0.5) is 22.0 Å². The number of halogens is 1. The number of piperidine rings is 1. The van der Waals surface area contributed by atoms with Crippen LogP contribution in [0.5, 0.6) is 0 Å². The van der Waals surface area contributed by atoms with Gasteiger partial charge in [-0.05, 0) is 62.8 Å². The van der Waals surface area contributed by atoms with Gasteiger partial charge in [-0.15, -0.1) is 0 Å². The van der Waals surface area contributed by atoms with Gasteiger partial charge in [0.25, 0.3) is 0 Å². The lowest BCUT2D eigenvalue weighted by molar-refractivity contribution is -0.133. The first-order valence-corrected chi connectivity index (χ1v) is 15.5. The number of nitrogens with zero attached hydrogens (tertiary/aromatic N) is 7. The second kappa shape index (κ2) is 10.7. The summed E-state index contributed by atoms with van der Waals surface area (Å²) in [5, 5.41) is 4.34. The van der Waals surface area contributed by atoms with Crippen molar-refractivity contribution in [3.8, 4) is 0 Å². The van der Waals surface area contributed by atoms with Gasteiger partial charge in [0.15, 0.2) is 5.82 Å². The minimum absolute atomic E-state index is 0.0605. The van der Waals surface area contributed by atoms with Crippen LogP contribution in [0.1, 0.15) is 61.4 Å². The van der Waals surface area contributed by atoms with Gasteiger partial charge in [-0.1, -0.05) is 6.07 Å². The lowest BCUT2D eigenvalue weighted by Crippen LogP contribution is -2.46. The molecule has 5 aliphatic rings. The first-order chi connectivity index (χ1) is 20.6. The molecule has 1 N–H and O–H groups in total. The van der Waals surface area contributed by atoms with E-state index in [4.69, 9.17) is 19.7 Å². The minimum Gasteiger partial charge on any atom is -0.380 e. The van der Waals surface area contributed by atoms with Crippen molar-refractivity contribution in [3.63, 3.8) is 0 Å². The highest BCUT2D eigenvalue weighted by atomic mass is 19.1.